The van der Waals surface area contributed by atoms with Crippen molar-refractivity contribution in [3.05, 3.63) is 0 Å². The lowest BCUT2D eigenvalue weighted by Crippen LogP contribution is -2.65. The van der Waals surface area contributed by atoms with Gasteiger partial charge in [0.2, 0.25) is 0 Å². The van der Waals surface area contributed by atoms with Gasteiger partial charge in [0, 0.05) is 21.3 Å². The first-order chi connectivity index (χ1) is 9.42. The topological polar surface area (TPSA) is 94.5 Å². The fourth-order valence-corrected chi connectivity index (χ4v) is 4.10. The van der Waals surface area contributed by atoms with E-state index in [9.17, 15) is 9.59 Å². The van der Waals surface area contributed by atoms with Gasteiger partial charge in [-0.1, -0.05) is 6.92 Å². The van der Waals surface area contributed by atoms with Crippen molar-refractivity contribution in [3.63, 3.8) is 0 Å². The molecule has 118 valence electrons. The van der Waals surface area contributed by atoms with Crippen LogP contribution in [-0.2, 0) is 27.6 Å². The molecule has 0 aliphatic rings. The molecule has 0 saturated carbocycles. The third kappa shape index (κ3) is 4.53. The second-order valence-electron chi connectivity index (χ2n) is 3.79. The fourth-order valence-electron chi connectivity index (χ4n) is 1.93. The molecule has 8 nitrogen and oxygen atoms in total. The average molecular weight is 309 g/mol. The van der Waals surface area contributed by atoms with Gasteiger partial charge in [-0.05, 0) is 13.5 Å². The standard InChI is InChI=1S/C11H23NO7Si/c1-6-12(20(16-3,17-4)18-5)9(8-10(13)14)11(15)19-7-2/h9H,6-8H2,1-5H3,(H,13,14). The summed E-state index contributed by atoms with van der Waals surface area (Å²) in [4.78, 5) is 23.0. The number of hydrogen-bond acceptors (Lipinski definition) is 7. The van der Waals surface area contributed by atoms with Gasteiger partial charge >= 0.3 is 20.9 Å². The normalized spacial score (nSPS) is 13.3. The number of carbonyl (C=O) groups excluding carboxylic acids is 1. The number of carbonyl (C=O) groups is 2. The zero-order valence-corrected chi connectivity index (χ0v) is 13.5. The van der Waals surface area contributed by atoms with Crippen molar-refractivity contribution in [3.8, 4) is 0 Å². The van der Waals surface area contributed by atoms with E-state index >= 15 is 0 Å². The highest BCUT2D eigenvalue weighted by atomic mass is 28.4. The lowest BCUT2D eigenvalue weighted by molar-refractivity contribution is -0.154. The van der Waals surface area contributed by atoms with E-state index in [-0.39, 0.29) is 6.61 Å². The molecule has 9 heteroatoms. The lowest BCUT2D eigenvalue weighted by atomic mass is 10.2. The van der Waals surface area contributed by atoms with Crippen molar-refractivity contribution in [2.45, 2.75) is 26.3 Å². The third-order valence-corrected chi connectivity index (χ3v) is 5.65. The minimum Gasteiger partial charge on any atom is -0.481 e. The van der Waals surface area contributed by atoms with Crippen LogP contribution in [0, 0.1) is 0 Å². The Morgan fingerprint density at radius 1 is 1.15 bits per heavy atom. The first kappa shape index (κ1) is 19.0. The second-order valence-corrected chi connectivity index (χ2v) is 6.63. The van der Waals surface area contributed by atoms with E-state index in [4.69, 9.17) is 23.1 Å². The number of hydrogen-bond donors (Lipinski definition) is 1. The quantitative estimate of drug-likeness (QED) is 0.448. The molecule has 0 fully saturated rings. The molecular weight excluding hydrogens is 286 g/mol. The highest BCUT2D eigenvalue weighted by Crippen LogP contribution is 2.19. The Labute approximate surface area is 120 Å². The molecule has 0 spiro atoms. The van der Waals surface area contributed by atoms with Crippen molar-refractivity contribution in [2.24, 2.45) is 0 Å². The molecule has 0 rings (SSSR count). The van der Waals surface area contributed by atoms with Crippen molar-refractivity contribution >= 4 is 20.9 Å². The number of esters is 1. The lowest BCUT2D eigenvalue weighted by Gasteiger charge is -2.38. The first-order valence-corrected chi connectivity index (χ1v) is 7.90. The van der Waals surface area contributed by atoms with E-state index in [2.05, 4.69) is 0 Å². The van der Waals surface area contributed by atoms with Crippen LogP contribution in [0.3, 0.4) is 0 Å². The maximum atomic E-state index is 12.0. The maximum Gasteiger partial charge on any atom is 0.599 e. The summed E-state index contributed by atoms with van der Waals surface area (Å²) >= 11 is 0. The van der Waals surface area contributed by atoms with Crippen LogP contribution in [-0.4, -0.2) is 71.1 Å². The van der Waals surface area contributed by atoms with Crippen molar-refractivity contribution in [1.82, 2.24) is 4.57 Å². The zero-order valence-electron chi connectivity index (χ0n) is 12.5. The molecule has 0 aliphatic carbocycles. The van der Waals surface area contributed by atoms with Gasteiger partial charge in [0.05, 0.1) is 13.0 Å². The maximum absolute atomic E-state index is 12.0. The molecule has 0 amide bonds. The SMILES string of the molecule is CCOC(=O)C(CC(=O)O)N(CC)[Si](OC)(OC)OC. The summed E-state index contributed by atoms with van der Waals surface area (Å²) in [5.41, 5.74) is 0. The first-order valence-electron chi connectivity index (χ1n) is 6.22. The van der Waals surface area contributed by atoms with E-state index in [1.165, 1.54) is 25.9 Å². The monoisotopic (exact) mass is 309 g/mol. The Hall–Kier alpha value is -1.00. The van der Waals surface area contributed by atoms with Crippen LogP contribution < -0.4 is 0 Å². The Morgan fingerprint density at radius 2 is 1.65 bits per heavy atom. The number of likely N-dealkylation sites (N-methyl/N-ethyl adjacent to an activating group) is 1. The number of nitrogens with zero attached hydrogens (tertiary/aromatic N) is 1. The van der Waals surface area contributed by atoms with Gasteiger partial charge in [-0.2, -0.15) is 0 Å². The summed E-state index contributed by atoms with van der Waals surface area (Å²) < 4.78 is 22.3. The Bertz CT molecular complexity index is 314. The minimum absolute atomic E-state index is 0.161. The van der Waals surface area contributed by atoms with Gasteiger partial charge < -0.3 is 23.1 Å². The van der Waals surface area contributed by atoms with Crippen molar-refractivity contribution in [1.29, 1.82) is 0 Å². The van der Waals surface area contributed by atoms with Gasteiger partial charge in [-0.15, -0.1) is 0 Å². The predicted molar refractivity (Wildman–Crippen MR) is 71.8 cm³/mol. The molecule has 1 N–H and O–H groups in total. The Kier molecular flexibility index (Phi) is 8.58. The molecule has 0 saturated heterocycles. The molecule has 0 aliphatic heterocycles. The second kappa shape index (κ2) is 9.03. The molecule has 0 aromatic carbocycles. The fraction of sp³-hybridized carbons (Fsp3) is 0.818. The summed E-state index contributed by atoms with van der Waals surface area (Å²) in [5.74, 6) is -1.76. The van der Waals surface area contributed by atoms with Crippen LogP contribution in [0.2, 0.25) is 0 Å². The van der Waals surface area contributed by atoms with Gasteiger partial charge in [0.1, 0.15) is 6.04 Å². The highest BCUT2D eigenvalue weighted by Gasteiger charge is 2.51. The predicted octanol–water partition coefficient (Wildman–Crippen LogP) is 0.0895. The van der Waals surface area contributed by atoms with Gasteiger partial charge in [-0.25, -0.2) is 4.57 Å². The molecule has 0 radical (unpaired) electrons. The largest absolute Gasteiger partial charge is 0.599 e. The average Bonchev–Trinajstić information content (AvgIpc) is 2.43. The summed E-state index contributed by atoms with van der Waals surface area (Å²) in [6.07, 6.45) is -0.419. The van der Waals surface area contributed by atoms with Gasteiger partial charge in [-0.3, -0.25) is 9.59 Å². The van der Waals surface area contributed by atoms with E-state index in [0.29, 0.717) is 6.54 Å². The highest BCUT2D eigenvalue weighted by molar-refractivity contribution is 6.57. The molecule has 0 bridgehead atoms. The van der Waals surface area contributed by atoms with Gasteiger partial charge in [0.25, 0.3) is 0 Å². The van der Waals surface area contributed by atoms with Gasteiger partial charge in [0.15, 0.2) is 0 Å². The van der Waals surface area contributed by atoms with E-state index in [1.54, 1.807) is 13.8 Å². The smallest absolute Gasteiger partial charge is 0.481 e. The molecule has 20 heavy (non-hydrogen) atoms. The van der Waals surface area contributed by atoms with Crippen LogP contribution >= 0.6 is 0 Å². The van der Waals surface area contributed by atoms with Crippen LogP contribution in [0.25, 0.3) is 0 Å². The molecule has 0 aromatic rings. The number of rotatable bonds is 10. The Morgan fingerprint density at radius 3 is 1.95 bits per heavy atom. The van der Waals surface area contributed by atoms with Crippen LogP contribution in [0.1, 0.15) is 20.3 Å². The van der Waals surface area contributed by atoms with Crippen LogP contribution in [0.15, 0.2) is 0 Å². The van der Waals surface area contributed by atoms with E-state index < -0.39 is 33.4 Å². The number of aliphatic carboxylic acids is 1. The van der Waals surface area contributed by atoms with Crippen LogP contribution in [0.4, 0.5) is 0 Å². The molecule has 0 heterocycles. The summed E-state index contributed by atoms with van der Waals surface area (Å²) in [7, 11) is 0.882. The third-order valence-electron chi connectivity index (χ3n) is 2.77. The van der Waals surface area contributed by atoms with E-state index in [0.717, 1.165) is 0 Å². The Balaban J connectivity index is 5.45. The number of ether oxygens (including phenoxy) is 1. The number of carboxylic acid groups (broad SMARTS) is 1. The van der Waals surface area contributed by atoms with Crippen molar-refractivity contribution < 1.29 is 32.7 Å². The van der Waals surface area contributed by atoms with Crippen LogP contribution in [0.5, 0.6) is 0 Å². The summed E-state index contributed by atoms with van der Waals surface area (Å²) in [6.45, 7) is 3.89. The molecule has 1 atom stereocenters. The molecular formula is C11H23NO7Si. The number of carboxylic acids is 1. The minimum atomic E-state index is -3.30. The molecule has 1 unspecified atom stereocenters. The summed E-state index contributed by atoms with van der Waals surface area (Å²) in [6, 6.07) is -1.02. The molecule has 0 aromatic heterocycles. The summed E-state index contributed by atoms with van der Waals surface area (Å²) in [5, 5.41) is 8.99. The zero-order chi connectivity index (χ0) is 15.8. The van der Waals surface area contributed by atoms with Crippen molar-refractivity contribution in [2.75, 3.05) is 34.5 Å². The van der Waals surface area contributed by atoms with E-state index in [1.807, 2.05) is 0 Å².